The number of hydrogen-bond acceptors (Lipinski definition) is 7. The Morgan fingerprint density at radius 1 is 0.784 bits per heavy atom. The van der Waals surface area contributed by atoms with Gasteiger partial charge in [0.25, 0.3) is 11.8 Å². The lowest BCUT2D eigenvalue weighted by Gasteiger charge is -2.19. The molecule has 260 valence electrons. The van der Waals surface area contributed by atoms with E-state index in [1.54, 1.807) is 78.9 Å². The van der Waals surface area contributed by atoms with Crippen LogP contribution in [0.1, 0.15) is 33.7 Å². The predicted molar refractivity (Wildman–Crippen MR) is 203 cm³/mol. The van der Waals surface area contributed by atoms with Crippen molar-refractivity contribution in [2.24, 2.45) is 0 Å². The molecular weight excluding hydrogens is 686 g/mol. The van der Waals surface area contributed by atoms with Crippen molar-refractivity contribution in [3.63, 3.8) is 0 Å². The fourth-order valence-electron chi connectivity index (χ4n) is 4.94. The molecule has 5 rings (SSSR count). The van der Waals surface area contributed by atoms with E-state index in [-0.39, 0.29) is 11.6 Å². The molecule has 0 radical (unpaired) electrons. The number of benzene rings is 5. The van der Waals surface area contributed by atoms with E-state index in [1.165, 1.54) is 26.0 Å². The first-order valence-corrected chi connectivity index (χ1v) is 17.2. The molecule has 0 fully saturated rings. The summed E-state index contributed by atoms with van der Waals surface area (Å²) in [5.74, 6) is 0.296. The zero-order chi connectivity index (χ0) is 36.2. The summed E-state index contributed by atoms with van der Waals surface area (Å²) >= 11 is 7.69. The van der Waals surface area contributed by atoms with E-state index >= 15 is 0 Å². The number of anilines is 2. The first-order valence-electron chi connectivity index (χ1n) is 15.9. The molecule has 51 heavy (non-hydrogen) atoms. The van der Waals surface area contributed by atoms with Crippen LogP contribution in [0.3, 0.4) is 0 Å². The van der Waals surface area contributed by atoms with E-state index in [4.69, 9.17) is 25.8 Å². The van der Waals surface area contributed by atoms with Gasteiger partial charge in [-0.1, -0.05) is 72.3 Å². The van der Waals surface area contributed by atoms with Crippen molar-refractivity contribution in [3.8, 4) is 17.2 Å². The Hall–Kier alpha value is -5.71. The van der Waals surface area contributed by atoms with E-state index in [0.717, 1.165) is 10.5 Å². The first kappa shape index (κ1) is 36.6. The minimum Gasteiger partial charge on any atom is -0.495 e. The normalized spacial score (nSPS) is 11.6. The van der Waals surface area contributed by atoms with Crippen LogP contribution in [0, 0.1) is 0 Å². The zero-order valence-electron chi connectivity index (χ0n) is 28.1. The van der Waals surface area contributed by atoms with Crippen LogP contribution in [0.25, 0.3) is 6.08 Å². The van der Waals surface area contributed by atoms with Crippen LogP contribution < -0.4 is 30.2 Å². The molecule has 0 aliphatic carbocycles. The van der Waals surface area contributed by atoms with E-state index in [0.29, 0.717) is 51.4 Å². The van der Waals surface area contributed by atoms with Gasteiger partial charge in [-0.15, -0.1) is 11.8 Å². The number of halogens is 1. The average Bonchev–Trinajstić information content (AvgIpc) is 3.15. The number of ether oxygens (including phenoxy) is 3. The summed E-state index contributed by atoms with van der Waals surface area (Å²) in [5, 5.41) is 8.26. The minimum atomic E-state index is -0.644. The van der Waals surface area contributed by atoms with Crippen molar-refractivity contribution in [2.75, 3.05) is 31.5 Å². The summed E-state index contributed by atoms with van der Waals surface area (Å²) in [6.07, 6.45) is 1.60. The third kappa shape index (κ3) is 9.94. The Morgan fingerprint density at radius 2 is 1.43 bits per heavy atom. The fourth-order valence-corrected chi connectivity index (χ4v) is 6.21. The standard InChI is InChI=1S/C40H36ClN3O6S/c1-4-50-30-19-15-26(16-20-30)23-34(44-38(45)28-13-9-6-10-14-28)39(46)42-29-17-21-31(22-18-29)51-37(27-11-7-5-8-12-27)40(47)43-33-24-32(41)35(48-2)25-36(33)49-3/h5-25,37H,4H2,1-3H3,(H,42,46)(H,43,47)(H,44,45)/b34-23-. The molecule has 5 aromatic carbocycles. The van der Waals surface area contributed by atoms with Crippen LogP contribution in [0.2, 0.25) is 5.02 Å². The topological polar surface area (TPSA) is 115 Å². The molecule has 0 saturated heterocycles. The Morgan fingerprint density at radius 3 is 2.06 bits per heavy atom. The van der Waals surface area contributed by atoms with Crippen molar-refractivity contribution < 1.29 is 28.6 Å². The number of rotatable bonds is 14. The quantitative estimate of drug-likeness (QED) is 0.0777. The average molecular weight is 722 g/mol. The minimum absolute atomic E-state index is 0.0568. The molecule has 11 heteroatoms. The van der Waals surface area contributed by atoms with Gasteiger partial charge in [0.05, 0.1) is 31.5 Å². The number of nitrogens with one attached hydrogen (secondary N) is 3. The smallest absolute Gasteiger partial charge is 0.272 e. The van der Waals surface area contributed by atoms with Gasteiger partial charge in [0.1, 0.15) is 28.2 Å². The van der Waals surface area contributed by atoms with Crippen molar-refractivity contribution in [3.05, 3.63) is 149 Å². The molecule has 5 aromatic rings. The molecule has 3 N–H and O–H groups in total. The first-order chi connectivity index (χ1) is 24.8. The molecule has 1 unspecified atom stereocenters. The van der Waals surface area contributed by atoms with Gasteiger partial charge in [0.2, 0.25) is 5.91 Å². The van der Waals surface area contributed by atoms with Crippen LogP contribution in [0.5, 0.6) is 17.2 Å². The summed E-state index contributed by atoms with van der Waals surface area (Å²) in [6.45, 7) is 2.43. The molecule has 0 heterocycles. The third-order valence-corrected chi connectivity index (χ3v) is 9.03. The fraction of sp³-hybridized carbons (Fsp3) is 0.125. The highest BCUT2D eigenvalue weighted by molar-refractivity contribution is 8.00. The van der Waals surface area contributed by atoms with Gasteiger partial charge in [-0.25, -0.2) is 0 Å². The van der Waals surface area contributed by atoms with Gasteiger partial charge in [0.15, 0.2) is 0 Å². The second-order valence-corrected chi connectivity index (χ2v) is 12.5. The van der Waals surface area contributed by atoms with E-state index < -0.39 is 17.1 Å². The van der Waals surface area contributed by atoms with Crippen molar-refractivity contribution in [1.82, 2.24) is 5.32 Å². The molecule has 0 saturated carbocycles. The van der Waals surface area contributed by atoms with Crippen LogP contribution in [0.15, 0.2) is 132 Å². The molecule has 0 bridgehead atoms. The second kappa shape index (κ2) is 17.8. The predicted octanol–water partition coefficient (Wildman–Crippen LogP) is 8.64. The van der Waals surface area contributed by atoms with Gasteiger partial charge in [-0.05, 0) is 78.7 Å². The monoisotopic (exact) mass is 721 g/mol. The summed E-state index contributed by atoms with van der Waals surface area (Å²) < 4.78 is 16.3. The summed E-state index contributed by atoms with van der Waals surface area (Å²) in [7, 11) is 3.00. The van der Waals surface area contributed by atoms with E-state index in [1.807, 2.05) is 55.5 Å². The number of amides is 3. The van der Waals surface area contributed by atoms with Crippen LogP contribution in [0.4, 0.5) is 11.4 Å². The molecule has 0 aliphatic heterocycles. The number of hydrogen-bond donors (Lipinski definition) is 3. The maximum atomic E-state index is 13.8. The molecule has 3 amide bonds. The SMILES string of the molecule is CCOc1ccc(/C=C(\NC(=O)c2ccccc2)C(=O)Nc2ccc(SC(C(=O)Nc3cc(Cl)c(OC)cc3OC)c3ccccc3)cc2)cc1. The van der Waals surface area contributed by atoms with E-state index in [9.17, 15) is 14.4 Å². The van der Waals surface area contributed by atoms with Crippen molar-refractivity contribution in [1.29, 1.82) is 0 Å². The Balaban J connectivity index is 1.34. The zero-order valence-corrected chi connectivity index (χ0v) is 29.7. The summed E-state index contributed by atoms with van der Waals surface area (Å²) in [5.41, 5.74) is 2.85. The highest BCUT2D eigenvalue weighted by atomic mass is 35.5. The van der Waals surface area contributed by atoms with Crippen LogP contribution in [-0.4, -0.2) is 38.5 Å². The van der Waals surface area contributed by atoms with Crippen LogP contribution >= 0.6 is 23.4 Å². The number of methoxy groups -OCH3 is 2. The van der Waals surface area contributed by atoms with Gasteiger partial charge in [0, 0.05) is 22.2 Å². The molecule has 1 atom stereocenters. The van der Waals surface area contributed by atoms with Crippen molar-refractivity contribution >= 4 is 58.5 Å². The Labute approximate surface area is 306 Å². The Kier molecular flexibility index (Phi) is 12.8. The number of thioether (sulfide) groups is 1. The molecule has 0 spiro atoms. The van der Waals surface area contributed by atoms with E-state index in [2.05, 4.69) is 16.0 Å². The lowest BCUT2D eigenvalue weighted by atomic mass is 10.1. The Bertz CT molecular complexity index is 1990. The number of carbonyl (C=O) groups is 3. The lowest BCUT2D eigenvalue weighted by molar-refractivity contribution is -0.116. The summed E-state index contributed by atoms with van der Waals surface area (Å²) in [6, 6.07) is 35.5. The van der Waals surface area contributed by atoms with Crippen molar-refractivity contribution in [2.45, 2.75) is 17.1 Å². The van der Waals surface area contributed by atoms with Crippen LogP contribution in [-0.2, 0) is 9.59 Å². The maximum Gasteiger partial charge on any atom is 0.272 e. The highest BCUT2D eigenvalue weighted by Gasteiger charge is 2.24. The van der Waals surface area contributed by atoms with Gasteiger partial charge in [-0.2, -0.15) is 0 Å². The molecule has 9 nitrogen and oxygen atoms in total. The third-order valence-electron chi connectivity index (χ3n) is 7.47. The molecule has 0 aromatic heterocycles. The number of carbonyl (C=O) groups excluding carboxylic acids is 3. The largest absolute Gasteiger partial charge is 0.495 e. The molecule has 0 aliphatic rings. The molecular formula is C40H36ClN3O6S. The lowest BCUT2D eigenvalue weighted by Crippen LogP contribution is -2.30. The second-order valence-electron chi connectivity index (χ2n) is 10.9. The van der Waals surface area contributed by atoms with Gasteiger partial charge >= 0.3 is 0 Å². The van der Waals surface area contributed by atoms with Gasteiger partial charge in [-0.3, -0.25) is 14.4 Å². The maximum absolute atomic E-state index is 13.8. The highest BCUT2D eigenvalue weighted by Crippen LogP contribution is 2.40. The summed E-state index contributed by atoms with van der Waals surface area (Å²) in [4.78, 5) is 41.2. The van der Waals surface area contributed by atoms with Gasteiger partial charge < -0.3 is 30.2 Å².